The highest BCUT2D eigenvalue weighted by Gasteiger charge is 2.18. The van der Waals surface area contributed by atoms with Crippen molar-refractivity contribution >= 4 is 0 Å². The van der Waals surface area contributed by atoms with Crippen LogP contribution in [0.15, 0.2) is 17.1 Å². The first-order valence-corrected chi connectivity index (χ1v) is 3.85. The van der Waals surface area contributed by atoms with Crippen molar-refractivity contribution in [2.75, 3.05) is 0 Å². The second kappa shape index (κ2) is 2.19. The zero-order valence-electron chi connectivity index (χ0n) is 6.45. The maximum absolute atomic E-state index is 11.2. The Morgan fingerprint density at radius 2 is 2.55 bits per heavy atom. The average Bonchev–Trinajstić information content (AvgIpc) is 2.34. The Morgan fingerprint density at radius 3 is 3.27 bits per heavy atom. The van der Waals surface area contributed by atoms with E-state index < -0.39 is 0 Å². The van der Waals surface area contributed by atoms with Gasteiger partial charge in [0.25, 0.3) is 5.56 Å². The maximum Gasteiger partial charge on any atom is 0.253 e. The lowest BCUT2D eigenvalue weighted by Crippen LogP contribution is -2.21. The third-order valence-corrected chi connectivity index (χ3v) is 2.18. The molecule has 3 heteroatoms. The summed E-state index contributed by atoms with van der Waals surface area (Å²) in [5.74, 6) is 0.935. The number of rotatable bonds is 0. The summed E-state index contributed by atoms with van der Waals surface area (Å²) < 4.78 is 1.78. The predicted octanol–water partition coefficient (Wildman–Crippen LogP) is 0.751. The van der Waals surface area contributed by atoms with Gasteiger partial charge in [-0.1, -0.05) is 0 Å². The molecule has 1 aromatic rings. The van der Waals surface area contributed by atoms with Crippen LogP contribution in [0.25, 0.3) is 0 Å². The fraction of sp³-hybridized carbons (Fsp3) is 0.500. The molecule has 0 spiro atoms. The van der Waals surface area contributed by atoms with Gasteiger partial charge in [0.05, 0.1) is 0 Å². The van der Waals surface area contributed by atoms with Crippen LogP contribution in [0.4, 0.5) is 0 Å². The highest BCUT2D eigenvalue weighted by molar-refractivity contribution is 5.01. The van der Waals surface area contributed by atoms with Crippen molar-refractivity contribution in [1.82, 2.24) is 9.55 Å². The molecular weight excluding hydrogens is 140 g/mol. The monoisotopic (exact) mass is 150 g/mol. The molecule has 0 radical (unpaired) electrons. The quantitative estimate of drug-likeness (QED) is 0.547. The van der Waals surface area contributed by atoms with Crippen molar-refractivity contribution < 1.29 is 0 Å². The molecule has 0 saturated carbocycles. The minimum atomic E-state index is 0.0833. The zero-order valence-corrected chi connectivity index (χ0v) is 6.45. The molecule has 0 bridgehead atoms. The van der Waals surface area contributed by atoms with E-state index in [1.165, 1.54) is 6.07 Å². The van der Waals surface area contributed by atoms with E-state index in [2.05, 4.69) is 11.9 Å². The lowest BCUT2D eigenvalue weighted by atomic mass is 10.2. The molecule has 1 aliphatic rings. The van der Waals surface area contributed by atoms with Crippen LogP contribution in [0.5, 0.6) is 0 Å². The Balaban J connectivity index is 2.68. The Hall–Kier alpha value is -1.12. The Bertz CT molecular complexity index is 329. The molecule has 0 fully saturated rings. The summed E-state index contributed by atoms with van der Waals surface area (Å²) in [5.41, 5.74) is 0.0833. The highest BCUT2D eigenvalue weighted by Crippen LogP contribution is 2.19. The first kappa shape index (κ1) is 6.58. The summed E-state index contributed by atoms with van der Waals surface area (Å²) in [6.07, 6.45) is 3.58. The molecule has 0 unspecified atom stereocenters. The average molecular weight is 150 g/mol. The van der Waals surface area contributed by atoms with Crippen molar-refractivity contribution in [3.05, 3.63) is 28.4 Å². The van der Waals surface area contributed by atoms with Gasteiger partial charge in [-0.15, -0.1) is 0 Å². The molecule has 1 atom stereocenters. The number of hydrogen-bond acceptors (Lipinski definition) is 2. The first-order valence-electron chi connectivity index (χ1n) is 3.85. The number of nitrogens with zero attached hydrogens (tertiary/aromatic N) is 2. The van der Waals surface area contributed by atoms with E-state index in [9.17, 15) is 4.79 Å². The summed E-state index contributed by atoms with van der Waals surface area (Å²) in [7, 11) is 0. The fourth-order valence-corrected chi connectivity index (χ4v) is 1.58. The van der Waals surface area contributed by atoms with Crippen LogP contribution in [0.2, 0.25) is 0 Å². The van der Waals surface area contributed by atoms with Gasteiger partial charge >= 0.3 is 0 Å². The van der Waals surface area contributed by atoms with E-state index in [0.29, 0.717) is 6.04 Å². The van der Waals surface area contributed by atoms with E-state index in [1.807, 2.05) is 0 Å². The molecule has 58 valence electrons. The summed E-state index contributed by atoms with van der Waals surface area (Å²) in [4.78, 5) is 15.4. The Kier molecular flexibility index (Phi) is 1.31. The third kappa shape index (κ3) is 0.878. The Labute approximate surface area is 64.7 Å². The molecule has 1 aliphatic heterocycles. The van der Waals surface area contributed by atoms with Crippen molar-refractivity contribution in [3.8, 4) is 0 Å². The van der Waals surface area contributed by atoms with Crippen LogP contribution in [0, 0.1) is 0 Å². The van der Waals surface area contributed by atoms with E-state index in [-0.39, 0.29) is 5.56 Å². The van der Waals surface area contributed by atoms with Gasteiger partial charge in [0, 0.05) is 24.7 Å². The van der Waals surface area contributed by atoms with Gasteiger partial charge in [0.2, 0.25) is 0 Å². The topological polar surface area (TPSA) is 34.9 Å². The molecule has 0 aliphatic carbocycles. The fourth-order valence-electron chi connectivity index (χ4n) is 1.58. The molecule has 0 amide bonds. The lowest BCUT2D eigenvalue weighted by Gasteiger charge is -2.05. The molecule has 11 heavy (non-hydrogen) atoms. The number of aryl methyl sites for hydroxylation is 1. The van der Waals surface area contributed by atoms with Gasteiger partial charge in [-0.25, -0.2) is 4.98 Å². The lowest BCUT2D eigenvalue weighted by molar-refractivity contribution is 0.559. The van der Waals surface area contributed by atoms with Crippen LogP contribution < -0.4 is 5.56 Å². The normalized spacial score (nSPS) is 21.7. The summed E-state index contributed by atoms with van der Waals surface area (Å²) in [6, 6.07) is 1.86. The largest absolute Gasteiger partial charge is 0.294 e. The van der Waals surface area contributed by atoms with E-state index in [4.69, 9.17) is 0 Å². The van der Waals surface area contributed by atoms with Gasteiger partial charge in [0.15, 0.2) is 0 Å². The first-order chi connectivity index (χ1) is 5.29. The minimum Gasteiger partial charge on any atom is -0.294 e. The number of hydrogen-bond donors (Lipinski definition) is 0. The zero-order chi connectivity index (χ0) is 7.84. The van der Waals surface area contributed by atoms with Crippen LogP contribution >= 0.6 is 0 Å². The van der Waals surface area contributed by atoms with Crippen LogP contribution in [-0.2, 0) is 6.42 Å². The molecule has 0 N–H and O–H groups in total. The summed E-state index contributed by atoms with van der Waals surface area (Å²) in [5, 5.41) is 0. The van der Waals surface area contributed by atoms with E-state index in [0.717, 1.165) is 18.7 Å². The second-order valence-electron chi connectivity index (χ2n) is 2.96. The van der Waals surface area contributed by atoms with Crippen LogP contribution in [-0.4, -0.2) is 9.55 Å². The van der Waals surface area contributed by atoms with Crippen molar-refractivity contribution in [3.63, 3.8) is 0 Å². The smallest absolute Gasteiger partial charge is 0.253 e. The van der Waals surface area contributed by atoms with Crippen molar-refractivity contribution in [1.29, 1.82) is 0 Å². The second-order valence-corrected chi connectivity index (χ2v) is 2.96. The molecular formula is C8H10N2O. The Morgan fingerprint density at radius 1 is 1.73 bits per heavy atom. The third-order valence-electron chi connectivity index (χ3n) is 2.18. The van der Waals surface area contributed by atoms with Gasteiger partial charge in [-0.05, 0) is 13.3 Å². The molecule has 2 heterocycles. The SMILES string of the molecule is C[C@@H]1CCc2nccc(=O)n21. The standard InChI is InChI=1S/C8H10N2O/c1-6-2-3-7-9-5-4-8(11)10(6)7/h4-6H,2-3H2,1H3/t6-/m1/s1. The van der Waals surface area contributed by atoms with Gasteiger partial charge in [-0.3, -0.25) is 9.36 Å². The van der Waals surface area contributed by atoms with Crippen LogP contribution in [0.1, 0.15) is 25.2 Å². The highest BCUT2D eigenvalue weighted by atomic mass is 16.1. The van der Waals surface area contributed by atoms with E-state index >= 15 is 0 Å². The molecule has 2 rings (SSSR count). The van der Waals surface area contributed by atoms with Crippen molar-refractivity contribution in [2.24, 2.45) is 0 Å². The van der Waals surface area contributed by atoms with Crippen LogP contribution in [0.3, 0.4) is 0 Å². The molecule has 3 nitrogen and oxygen atoms in total. The van der Waals surface area contributed by atoms with E-state index in [1.54, 1.807) is 10.8 Å². The number of aromatic nitrogens is 2. The predicted molar refractivity (Wildman–Crippen MR) is 41.5 cm³/mol. The number of fused-ring (bicyclic) bond motifs is 1. The molecule has 1 aromatic heterocycles. The summed E-state index contributed by atoms with van der Waals surface area (Å²) >= 11 is 0. The maximum atomic E-state index is 11.2. The van der Waals surface area contributed by atoms with Crippen molar-refractivity contribution in [2.45, 2.75) is 25.8 Å². The minimum absolute atomic E-state index is 0.0833. The van der Waals surface area contributed by atoms with Gasteiger partial charge in [-0.2, -0.15) is 0 Å². The molecule has 0 saturated heterocycles. The molecule has 0 aromatic carbocycles. The van der Waals surface area contributed by atoms with Gasteiger partial charge < -0.3 is 0 Å². The summed E-state index contributed by atoms with van der Waals surface area (Å²) in [6.45, 7) is 2.06. The van der Waals surface area contributed by atoms with Gasteiger partial charge in [0.1, 0.15) is 5.82 Å².